The Morgan fingerprint density at radius 1 is 1.26 bits per heavy atom. The minimum atomic E-state index is -1.60. The number of carbonyl (C=O) groups excluding carboxylic acids is 1. The van der Waals surface area contributed by atoms with Gasteiger partial charge in [-0.1, -0.05) is 46.3 Å². The Kier molecular flexibility index (Phi) is 4.64. The first-order chi connectivity index (χ1) is 14.8. The molecule has 2 aromatic carbocycles. The minimum Gasteiger partial charge on any atom is -0.482 e. The maximum atomic E-state index is 13.0. The van der Waals surface area contributed by atoms with Crippen molar-refractivity contribution in [1.29, 1.82) is 0 Å². The van der Waals surface area contributed by atoms with Crippen LogP contribution in [0.5, 0.6) is 5.75 Å². The number of hydrogen-bond donors (Lipinski definition) is 1. The highest BCUT2D eigenvalue weighted by molar-refractivity contribution is 9.10. The molecule has 6 atom stereocenters. The van der Waals surface area contributed by atoms with Gasteiger partial charge in [0.2, 0.25) is 0 Å². The second-order valence-corrected chi connectivity index (χ2v) is 9.54. The Bertz CT molecular complexity index is 1060. The molecule has 2 aromatic rings. The van der Waals surface area contributed by atoms with Crippen molar-refractivity contribution in [3.8, 4) is 5.75 Å². The monoisotopic (exact) mass is 487 g/mol. The van der Waals surface area contributed by atoms with Gasteiger partial charge < -0.3 is 14.6 Å². The van der Waals surface area contributed by atoms with Crippen LogP contribution in [-0.4, -0.2) is 39.8 Å². The Balaban J connectivity index is 1.78. The molecule has 0 unspecified atom stereocenters. The second kappa shape index (κ2) is 7.03. The average Bonchev–Trinajstić information content (AvgIpc) is 2.74. The van der Waals surface area contributed by atoms with E-state index in [1.165, 1.54) is 0 Å². The number of halogens is 1. The molecule has 162 valence electrons. The van der Waals surface area contributed by atoms with Gasteiger partial charge in [0.25, 0.3) is 5.54 Å². The number of nitrogens with zero attached hydrogens (tertiary/aromatic N) is 1. The maximum absolute atomic E-state index is 13.0. The maximum Gasteiger partial charge on any atom is 0.315 e. The first-order valence-corrected chi connectivity index (χ1v) is 11.2. The largest absolute Gasteiger partial charge is 0.482 e. The van der Waals surface area contributed by atoms with Gasteiger partial charge in [-0.2, -0.15) is 0 Å². The highest BCUT2D eigenvalue weighted by Gasteiger charge is 2.80. The van der Waals surface area contributed by atoms with Crippen LogP contribution < -0.4 is 4.74 Å². The van der Waals surface area contributed by atoms with Crippen molar-refractivity contribution >= 4 is 21.9 Å². The van der Waals surface area contributed by atoms with Crippen molar-refractivity contribution < 1.29 is 24.3 Å². The van der Waals surface area contributed by atoms with E-state index in [9.17, 15) is 20.0 Å². The van der Waals surface area contributed by atoms with E-state index >= 15 is 0 Å². The molecule has 7 nitrogen and oxygen atoms in total. The smallest absolute Gasteiger partial charge is 0.315 e. The van der Waals surface area contributed by atoms with Crippen LogP contribution in [0, 0.1) is 16.0 Å². The van der Waals surface area contributed by atoms with Gasteiger partial charge in [-0.15, -0.1) is 0 Å². The molecule has 4 aliphatic rings. The summed E-state index contributed by atoms with van der Waals surface area (Å²) in [4.78, 5) is 25.6. The third-order valence-corrected chi connectivity index (χ3v) is 7.72. The highest BCUT2D eigenvalue weighted by Crippen LogP contribution is 2.67. The lowest BCUT2D eigenvalue weighted by atomic mass is 9.45. The lowest BCUT2D eigenvalue weighted by Gasteiger charge is -2.62. The van der Waals surface area contributed by atoms with Gasteiger partial charge in [0.05, 0.1) is 24.0 Å². The fourth-order valence-electron chi connectivity index (χ4n) is 6.12. The van der Waals surface area contributed by atoms with Crippen LogP contribution in [0.1, 0.15) is 42.7 Å². The number of esters is 1. The van der Waals surface area contributed by atoms with Crippen LogP contribution >= 0.6 is 15.9 Å². The van der Waals surface area contributed by atoms with Gasteiger partial charge in [0.1, 0.15) is 11.7 Å². The Morgan fingerprint density at radius 3 is 2.65 bits per heavy atom. The van der Waals surface area contributed by atoms with Crippen molar-refractivity contribution in [2.75, 3.05) is 6.61 Å². The molecule has 0 aromatic heterocycles. The van der Waals surface area contributed by atoms with Gasteiger partial charge in [-0.3, -0.25) is 14.9 Å². The summed E-state index contributed by atoms with van der Waals surface area (Å²) in [7, 11) is 0. The van der Waals surface area contributed by atoms with E-state index in [-0.39, 0.29) is 24.4 Å². The molecule has 1 N–H and O–H groups in total. The topological polar surface area (TPSA) is 98.9 Å². The zero-order chi connectivity index (χ0) is 22.0. The minimum absolute atomic E-state index is 0.0984. The molecule has 0 amide bonds. The van der Waals surface area contributed by atoms with Crippen LogP contribution in [0.2, 0.25) is 0 Å². The SMILES string of the molecule is CCOC(=O)[C@H]1[C@@H]2Oc3ccc(Br)cc3[C@@H]3C[C@@]1(O)C[C@@H](c1ccccc1)[C@@]32[N+](=O)[O-]. The molecule has 0 spiro atoms. The number of ether oxygens (including phenoxy) is 2. The van der Waals surface area contributed by atoms with E-state index < -0.39 is 41.0 Å². The van der Waals surface area contributed by atoms with E-state index in [0.717, 1.165) is 10.0 Å². The summed E-state index contributed by atoms with van der Waals surface area (Å²) < 4.78 is 12.3. The lowest BCUT2D eigenvalue weighted by Crippen LogP contribution is -2.77. The number of benzene rings is 2. The zero-order valence-electron chi connectivity index (χ0n) is 16.9. The summed E-state index contributed by atoms with van der Waals surface area (Å²) >= 11 is 3.46. The molecule has 0 radical (unpaired) electrons. The molecular formula is C23H22BrNO6. The van der Waals surface area contributed by atoms with Crippen molar-refractivity contribution in [2.24, 2.45) is 5.92 Å². The van der Waals surface area contributed by atoms with Gasteiger partial charge in [0, 0.05) is 15.0 Å². The normalized spacial score (nSPS) is 35.1. The van der Waals surface area contributed by atoms with Gasteiger partial charge >= 0.3 is 5.97 Å². The standard InChI is InChI=1S/C23H22BrNO6/c1-2-30-21(26)19-20-23(25(28)29)16(13-6-4-3-5-7-13)11-22(19,27)12-17(23)15-10-14(24)8-9-18(15)31-20/h3-10,16-17,19-20,27H,2,11-12H2,1H3/t16-,17-,19+,20-,22-,23+/m0/s1. The fraction of sp³-hybridized carbons (Fsp3) is 0.435. The van der Waals surface area contributed by atoms with Crippen LogP contribution in [-0.2, 0) is 9.53 Å². The molecule has 3 saturated carbocycles. The fourth-order valence-corrected chi connectivity index (χ4v) is 6.50. The van der Waals surface area contributed by atoms with Crippen LogP contribution in [0.4, 0.5) is 0 Å². The van der Waals surface area contributed by atoms with Gasteiger partial charge in [-0.05, 0) is 43.5 Å². The third-order valence-electron chi connectivity index (χ3n) is 7.23. The van der Waals surface area contributed by atoms with Crippen molar-refractivity contribution in [3.63, 3.8) is 0 Å². The summed E-state index contributed by atoms with van der Waals surface area (Å²) in [6.45, 7) is 1.80. The molecule has 1 aliphatic heterocycles. The molecular weight excluding hydrogens is 466 g/mol. The van der Waals surface area contributed by atoms with E-state index in [1.54, 1.807) is 19.1 Å². The van der Waals surface area contributed by atoms with Crippen LogP contribution in [0.25, 0.3) is 0 Å². The summed E-state index contributed by atoms with van der Waals surface area (Å²) in [5.41, 5.74) is -1.63. The number of aliphatic hydroxyl groups is 1. The summed E-state index contributed by atoms with van der Waals surface area (Å²) in [5.74, 6) is -2.49. The van der Waals surface area contributed by atoms with E-state index in [4.69, 9.17) is 9.47 Å². The summed E-state index contributed by atoms with van der Waals surface area (Å²) in [6.07, 6.45) is -0.941. The molecule has 6 rings (SSSR count). The Labute approximate surface area is 187 Å². The molecule has 3 aliphatic carbocycles. The van der Waals surface area contributed by atoms with Crippen molar-refractivity contribution in [3.05, 3.63) is 74.2 Å². The number of carbonyl (C=O) groups is 1. The van der Waals surface area contributed by atoms with Crippen LogP contribution in [0.15, 0.2) is 53.0 Å². The molecule has 4 bridgehead atoms. The van der Waals surface area contributed by atoms with E-state index in [0.29, 0.717) is 11.3 Å². The Hall–Kier alpha value is -2.45. The van der Waals surface area contributed by atoms with E-state index in [2.05, 4.69) is 15.9 Å². The predicted molar refractivity (Wildman–Crippen MR) is 115 cm³/mol. The highest BCUT2D eigenvalue weighted by atomic mass is 79.9. The summed E-state index contributed by atoms with van der Waals surface area (Å²) in [5, 5.41) is 24.7. The number of hydrogen-bond acceptors (Lipinski definition) is 6. The van der Waals surface area contributed by atoms with Gasteiger partial charge in [0.15, 0.2) is 6.10 Å². The lowest BCUT2D eigenvalue weighted by molar-refractivity contribution is -0.609. The Morgan fingerprint density at radius 2 is 1.97 bits per heavy atom. The predicted octanol–water partition coefficient (Wildman–Crippen LogP) is 3.81. The number of nitro groups is 1. The first kappa shape index (κ1) is 20.5. The number of fused-ring (bicyclic) bond motifs is 2. The molecule has 0 saturated heterocycles. The average molecular weight is 488 g/mol. The van der Waals surface area contributed by atoms with Gasteiger partial charge in [-0.25, -0.2) is 0 Å². The second-order valence-electron chi connectivity index (χ2n) is 8.62. The third kappa shape index (κ3) is 2.70. The molecule has 1 heterocycles. The molecule has 31 heavy (non-hydrogen) atoms. The molecule has 8 heteroatoms. The zero-order valence-corrected chi connectivity index (χ0v) is 18.4. The van der Waals surface area contributed by atoms with E-state index in [1.807, 2.05) is 36.4 Å². The number of rotatable bonds is 4. The summed E-state index contributed by atoms with van der Waals surface area (Å²) in [6, 6.07) is 14.6. The van der Waals surface area contributed by atoms with Crippen molar-refractivity contribution in [2.45, 2.75) is 48.8 Å². The quantitative estimate of drug-likeness (QED) is 0.399. The van der Waals surface area contributed by atoms with Crippen molar-refractivity contribution in [1.82, 2.24) is 0 Å². The van der Waals surface area contributed by atoms with Crippen LogP contribution in [0.3, 0.4) is 0 Å². The molecule has 3 fully saturated rings. The first-order valence-electron chi connectivity index (χ1n) is 10.4.